The molecule has 0 saturated heterocycles. The lowest BCUT2D eigenvalue weighted by Crippen LogP contribution is -2.38. The first-order valence-corrected chi connectivity index (χ1v) is 5.97. The number of likely N-dealkylation sites (N-methyl/N-ethyl adjacent to an activating group) is 2. The number of primary amides is 1. The van der Waals surface area contributed by atoms with Crippen molar-refractivity contribution in [1.29, 1.82) is 0 Å². The molecule has 0 radical (unpaired) electrons. The Morgan fingerprint density at radius 3 is 2.42 bits per heavy atom. The van der Waals surface area contributed by atoms with Gasteiger partial charge in [0, 0.05) is 13.1 Å². The van der Waals surface area contributed by atoms with E-state index in [-0.39, 0.29) is 24.1 Å². The average Bonchev–Trinajstić information content (AvgIpc) is 2.33. The Balaban J connectivity index is 4.47. The molecule has 8 heteroatoms. The highest BCUT2D eigenvalue weighted by atomic mass is 16.2. The second-order valence-electron chi connectivity index (χ2n) is 3.64. The second kappa shape index (κ2) is 9.89. The zero-order chi connectivity index (χ0) is 14.7. The van der Waals surface area contributed by atoms with E-state index in [1.54, 1.807) is 14.0 Å². The van der Waals surface area contributed by atoms with Crippen molar-refractivity contribution in [2.45, 2.75) is 13.3 Å². The molecular formula is C11H21N5O3. The maximum atomic E-state index is 11.7. The fourth-order valence-corrected chi connectivity index (χ4v) is 1.22. The zero-order valence-electron chi connectivity index (χ0n) is 11.2. The van der Waals surface area contributed by atoms with Gasteiger partial charge >= 0.3 is 6.03 Å². The van der Waals surface area contributed by atoms with Crippen LogP contribution in [0.5, 0.6) is 0 Å². The second-order valence-corrected chi connectivity index (χ2v) is 3.64. The molecule has 0 aliphatic carbocycles. The molecular weight excluding hydrogens is 250 g/mol. The number of amides is 4. The van der Waals surface area contributed by atoms with Crippen molar-refractivity contribution in [3.63, 3.8) is 0 Å². The standard InChI is InChI=1S/C11H21N5O3/c1-3-14-10(18)8(16-9(17)7-13-2)5-4-6-15-11(12)19/h5,13H,3-4,6-7H2,1-2H3,(H,14,18)(H,16,17)(H3,12,15,19)/b8-5+. The number of nitrogens with one attached hydrogen (secondary N) is 4. The fraction of sp³-hybridized carbons (Fsp3) is 0.545. The first kappa shape index (κ1) is 16.9. The van der Waals surface area contributed by atoms with Gasteiger partial charge in [0.1, 0.15) is 5.70 Å². The lowest BCUT2D eigenvalue weighted by Gasteiger charge is -2.09. The Labute approximate surface area is 112 Å². The van der Waals surface area contributed by atoms with Crippen LogP contribution in [-0.4, -0.2) is 44.5 Å². The number of carbonyl (C=O) groups excluding carboxylic acids is 3. The van der Waals surface area contributed by atoms with E-state index in [2.05, 4.69) is 21.3 Å². The first-order valence-electron chi connectivity index (χ1n) is 5.97. The average molecular weight is 271 g/mol. The summed E-state index contributed by atoms with van der Waals surface area (Å²) in [5.74, 6) is -0.686. The summed E-state index contributed by atoms with van der Waals surface area (Å²) < 4.78 is 0. The largest absolute Gasteiger partial charge is 0.352 e. The van der Waals surface area contributed by atoms with Crippen molar-refractivity contribution in [2.75, 3.05) is 26.7 Å². The van der Waals surface area contributed by atoms with Gasteiger partial charge in [0.05, 0.1) is 6.54 Å². The maximum absolute atomic E-state index is 11.7. The van der Waals surface area contributed by atoms with Gasteiger partial charge < -0.3 is 27.0 Å². The van der Waals surface area contributed by atoms with Crippen LogP contribution in [0.3, 0.4) is 0 Å². The Bertz CT molecular complexity index is 354. The van der Waals surface area contributed by atoms with Crippen LogP contribution in [0.1, 0.15) is 13.3 Å². The van der Waals surface area contributed by atoms with Crippen LogP contribution in [0, 0.1) is 0 Å². The molecule has 0 aromatic carbocycles. The van der Waals surface area contributed by atoms with E-state index in [0.29, 0.717) is 19.5 Å². The molecule has 4 amide bonds. The van der Waals surface area contributed by atoms with E-state index >= 15 is 0 Å². The number of carbonyl (C=O) groups is 3. The van der Waals surface area contributed by atoms with Crippen molar-refractivity contribution in [1.82, 2.24) is 21.3 Å². The molecule has 0 fully saturated rings. The van der Waals surface area contributed by atoms with E-state index in [0.717, 1.165) is 0 Å². The fourth-order valence-electron chi connectivity index (χ4n) is 1.22. The summed E-state index contributed by atoms with van der Waals surface area (Å²) in [6.07, 6.45) is 1.92. The number of rotatable bonds is 8. The Kier molecular flexibility index (Phi) is 8.80. The number of nitrogens with two attached hydrogens (primary N) is 1. The van der Waals surface area contributed by atoms with E-state index in [9.17, 15) is 14.4 Å². The summed E-state index contributed by atoms with van der Waals surface area (Å²) in [5.41, 5.74) is 5.07. The van der Waals surface area contributed by atoms with Crippen molar-refractivity contribution in [2.24, 2.45) is 5.73 Å². The van der Waals surface area contributed by atoms with Crippen LogP contribution in [0.2, 0.25) is 0 Å². The number of hydrogen-bond donors (Lipinski definition) is 5. The lowest BCUT2D eigenvalue weighted by atomic mass is 10.3. The molecule has 0 atom stereocenters. The predicted molar refractivity (Wildman–Crippen MR) is 71.0 cm³/mol. The highest BCUT2D eigenvalue weighted by Crippen LogP contribution is 1.93. The quantitative estimate of drug-likeness (QED) is 0.269. The molecule has 0 aromatic rings. The molecule has 0 unspecified atom stereocenters. The topological polar surface area (TPSA) is 125 Å². The van der Waals surface area contributed by atoms with Gasteiger partial charge in [-0.2, -0.15) is 0 Å². The number of hydrogen-bond acceptors (Lipinski definition) is 4. The van der Waals surface area contributed by atoms with Crippen molar-refractivity contribution >= 4 is 17.8 Å². The minimum absolute atomic E-state index is 0.107. The van der Waals surface area contributed by atoms with Crippen molar-refractivity contribution in [3.05, 3.63) is 11.8 Å². The van der Waals surface area contributed by atoms with Crippen LogP contribution in [0.25, 0.3) is 0 Å². The van der Waals surface area contributed by atoms with Crippen molar-refractivity contribution < 1.29 is 14.4 Å². The SMILES string of the molecule is CCNC(=O)/C(=C\CCNC(N)=O)NC(=O)CNC. The van der Waals surface area contributed by atoms with Crippen LogP contribution in [-0.2, 0) is 9.59 Å². The summed E-state index contributed by atoms with van der Waals surface area (Å²) in [6, 6.07) is -0.632. The van der Waals surface area contributed by atoms with Gasteiger partial charge in [-0.1, -0.05) is 6.08 Å². The summed E-state index contributed by atoms with van der Waals surface area (Å²) in [5, 5.41) is 10.2. The molecule has 6 N–H and O–H groups in total. The highest BCUT2D eigenvalue weighted by molar-refractivity contribution is 5.97. The van der Waals surface area contributed by atoms with Gasteiger partial charge in [0.25, 0.3) is 5.91 Å². The van der Waals surface area contributed by atoms with Crippen LogP contribution < -0.4 is 27.0 Å². The van der Waals surface area contributed by atoms with Gasteiger partial charge in [-0.05, 0) is 20.4 Å². The summed E-state index contributed by atoms with van der Waals surface area (Å²) in [4.78, 5) is 33.6. The van der Waals surface area contributed by atoms with Gasteiger partial charge in [-0.15, -0.1) is 0 Å². The molecule has 0 heterocycles. The van der Waals surface area contributed by atoms with Crippen LogP contribution >= 0.6 is 0 Å². The third kappa shape index (κ3) is 8.61. The minimum Gasteiger partial charge on any atom is -0.352 e. The van der Waals surface area contributed by atoms with Gasteiger partial charge in [0.2, 0.25) is 5.91 Å². The molecule has 0 aliphatic heterocycles. The molecule has 108 valence electrons. The first-order chi connectivity index (χ1) is 9.01. The van der Waals surface area contributed by atoms with Crippen LogP contribution in [0.4, 0.5) is 4.79 Å². The summed E-state index contributed by atoms with van der Waals surface area (Å²) >= 11 is 0. The Morgan fingerprint density at radius 1 is 1.21 bits per heavy atom. The minimum atomic E-state index is -0.632. The van der Waals surface area contributed by atoms with E-state index in [4.69, 9.17) is 5.73 Å². The predicted octanol–water partition coefficient (Wildman–Crippen LogP) is -1.60. The van der Waals surface area contributed by atoms with Crippen LogP contribution in [0.15, 0.2) is 11.8 Å². The molecule has 0 spiro atoms. The molecule has 19 heavy (non-hydrogen) atoms. The third-order valence-corrected chi connectivity index (χ3v) is 1.99. The summed E-state index contributed by atoms with van der Waals surface area (Å²) in [6.45, 7) is 2.63. The number of urea groups is 1. The van der Waals surface area contributed by atoms with E-state index in [1.807, 2.05) is 0 Å². The third-order valence-electron chi connectivity index (χ3n) is 1.99. The Morgan fingerprint density at radius 2 is 1.89 bits per heavy atom. The molecule has 8 nitrogen and oxygen atoms in total. The lowest BCUT2D eigenvalue weighted by molar-refractivity contribution is -0.123. The van der Waals surface area contributed by atoms with Gasteiger partial charge in [-0.25, -0.2) is 4.79 Å². The van der Waals surface area contributed by atoms with E-state index < -0.39 is 6.03 Å². The molecule has 0 aromatic heterocycles. The molecule has 0 bridgehead atoms. The maximum Gasteiger partial charge on any atom is 0.312 e. The Hall–Kier alpha value is -2.09. The smallest absolute Gasteiger partial charge is 0.312 e. The molecule has 0 rings (SSSR count). The molecule has 0 aliphatic rings. The highest BCUT2D eigenvalue weighted by Gasteiger charge is 2.11. The van der Waals surface area contributed by atoms with Crippen molar-refractivity contribution in [3.8, 4) is 0 Å². The van der Waals surface area contributed by atoms with Gasteiger partial charge in [-0.3, -0.25) is 9.59 Å². The molecule has 0 saturated carbocycles. The normalized spacial score (nSPS) is 10.7. The zero-order valence-corrected chi connectivity index (χ0v) is 11.2. The summed E-state index contributed by atoms with van der Waals surface area (Å²) in [7, 11) is 1.63. The monoisotopic (exact) mass is 271 g/mol. The van der Waals surface area contributed by atoms with Gasteiger partial charge in [0.15, 0.2) is 0 Å². The van der Waals surface area contributed by atoms with E-state index in [1.165, 1.54) is 6.08 Å².